The number of carbonyl (C=O) groups is 1. The Morgan fingerprint density at radius 3 is 2.59 bits per heavy atom. The molecule has 1 heterocycles. The van der Waals surface area contributed by atoms with Gasteiger partial charge in [-0.3, -0.25) is 4.79 Å². The molecule has 1 aliphatic rings. The van der Waals surface area contributed by atoms with Gasteiger partial charge in [-0.05, 0) is 35.3 Å². The van der Waals surface area contributed by atoms with Crippen LogP contribution in [0.5, 0.6) is 0 Å². The van der Waals surface area contributed by atoms with Gasteiger partial charge in [0, 0.05) is 12.1 Å². The second-order valence-electron chi connectivity index (χ2n) is 6.97. The Kier molecular flexibility index (Phi) is 5.71. The molecule has 3 atom stereocenters. The van der Waals surface area contributed by atoms with Crippen LogP contribution in [0.15, 0.2) is 54.6 Å². The van der Waals surface area contributed by atoms with Crippen LogP contribution in [-0.4, -0.2) is 28.6 Å². The maximum Gasteiger partial charge on any atom is 0.252 e. The van der Waals surface area contributed by atoms with Crippen molar-refractivity contribution in [3.05, 3.63) is 77.4 Å². The van der Waals surface area contributed by atoms with E-state index in [1.54, 1.807) is 6.08 Å². The summed E-state index contributed by atoms with van der Waals surface area (Å²) in [5.41, 5.74) is 1.53. The molecule has 2 aromatic carbocycles. The lowest BCUT2D eigenvalue weighted by Crippen LogP contribution is -2.42. The van der Waals surface area contributed by atoms with Crippen LogP contribution in [0.3, 0.4) is 0 Å². The Balaban J connectivity index is 1.99. The number of aliphatic hydroxyl groups excluding tert-OH is 1. The monoisotopic (exact) mass is 371 g/mol. The number of hydrogen-bond donors (Lipinski definition) is 1. The number of carbonyl (C=O) groups excluding carboxylic acids is 1. The highest BCUT2D eigenvalue weighted by molar-refractivity contribution is 5.86. The molecule has 3 nitrogen and oxygen atoms in total. The summed E-state index contributed by atoms with van der Waals surface area (Å²) in [6.07, 6.45) is 1.30. The molecule has 142 valence electrons. The van der Waals surface area contributed by atoms with E-state index in [9.17, 15) is 18.7 Å². The smallest absolute Gasteiger partial charge is 0.252 e. The van der Waals surface area contributed by atoms with E-state index in [1.807, 2.05) is 44.2 Å². The van der Waals surface area contributed by atoms with Crippen LogP contribution < -0.4 is 0 Å². The summed E-state index contributed by atoms with van der Waals surface area (Å²) < 4.78 is 27.9. The van der Waals surface area contributed by atoms with Crippen molar-refractivity contribution in [3.8, 4) is 0 Å². The minimum absolute atomic E-state index is 0.117. The van der Waals surface area contributed by atoms with Crippen LogP contribution in [0.1, 0.15) is 37.4 Å². The second-order valence-corrected chi connectivity index (χ2v) is 6.97. The summed E-state index contributed by atoms with van der Waals surface area (Å²) in [7, 11) is 0. The maximum absolute atomic E-state index is 14.3. The molecule has 1 N–H and O–H groups in total. The first-order chi connectivity index (χ1) is 12.9. The largest absolute Gasteiger partial charge is 0.383 e. The van der Waals surface area contributed by atoms with Gasteiger partial charge in [-0.15, -0.1) is 0 Å². The molecular weight excluding hydrogens is 348 g/mol. The van der Waals surface area contributed by atoms with Gasteiger partial charge in [-0.2, -0.15) is 0 Å². The molecular formula is C22H23F2NO2. The molecule has 0 saturated heterocycles. The van der Waals surface area contributed by atoms with Crippen molar-refractivity contribution in [1.82, 2.24) is 4.90 Å². The minimum Gasteiger partial charge on any atom is -0.383 e. The van der Waals surface area contributed by atoms with Crippen LogP contribution in [0, 0.1) is 17.6 Å². The SMILES string of the molecule is CC[C@H](C)[C@H](O)C(=O)N1CC(c2cc(F)ccc2F)=C[C@H]1c1ccccc1. The number of rotatable bonds is 5. The van der Waals surface area contributed by atoms with E-state index in [4.69, 9.17) is 0 Å². The van der Waals surface area contributed by atoms with Crippen LogP contribution in [-0.2, 0) is 4.79 Å². The Bertz CT molecular complexity index is 851. The fourth-order valence-electron chi connectivity index (χ4n) is 3.31. The zero-order valence-electron chi connectivity index (χ0n) is 15.4. The van der Waals surface area contributed by atoms with Gasteiger partial charge >= 0.3 is 0 Å². The van der Waals surface area contributed by atoms with E-state index in [1.165, 1.54) is 4.90 Å². The summed E-state index contributed by atoms with van der Waals surface area (Å²) in [6, 6.07) is 12.2. The summed E-state index contributed by atoms with van der Waals surface area (Å²) in [4.78, 5) is 14.5. The molecule has 0 spiro atoms. The quantitative estimate of drug-likeness (QED) is 0.849. The second kappa shape index (κ2) is 8.01. The van der Waals surface area contributed by atoms with Crippen molar-refractivity contribution in [2.45, 2.75) is 32.4 Å². The molecule has 0 aliphatic carbocycles. The van der Waals surface area contributed by atoms with Gasteiger partial charge in [0.05, 0.1) is 6.04 Å². The summed E-state index contributed by atoms with van der Waals surface area (Å²) in [6.45, 7) is 3.84. The molecule has 2 aromatic rings. The normalized spacial score (nSPS) is 18.9. The van der Waals surface area contributed by atoms with E-state index < -0.39 is 29.7 Å². The first-order valence-electron chi connectivity index (χ1n) is 9.12. The maximum atomic E-state index is 14.3. The van der Waals surface area contributed by atoms with E-state index in [0.29, 0.717) is 12.0 Å². The van der Waals surface area contributed by atoms with Gasteiger partial charge in [0.2, 0.25) is 0 Å². The third kappa shape index (κ3) is 3.93. The van der Waals surface area contributed by atoms with Crippen molar-refractivity contribution in [2.24, 2.45) is 5.92 Å². The third-order valence-electron chi connectivity index (χ3n) is 5.17. The first kappa shape index (κ1) is 19.2. The molecule has 3 rings (SSSR count). The predicted octanol–water partition coefficient (Wildman–Crippen LogP) is 4.34. The van der Waals surface area contributed by atoms with Gasteiger partial charge in [-0.25, -0.2) is 8.78 Å². The number of nitrogens with zero attached hydrogens (tertiary/aromatic N) is 1. The predicted molar refractivity (Wildman–Crippen MR) is 101 cm³/mol. The molecule has 0 bridgehead atoms. The van der Waals surface area contributed by atoms with E-state index in [2.05, 4.69) is 0 Å². The molecule has 1 amide bonds. The molecule has 0 saturated carbocycles. The highest BCUT2D eigenvalue weighted by atomic mass is 19.1. The van der Waals surface area contributed by atoms with Gasteiger partial charge in [0.15, 0.2) is 0 Å². The number of halogens is 2. The standard InChI is InChI=1S/C22H23F2NO2/c1-3-14(2)21(26)22(27)25-13-16(18-12-17(23)9-10-19(18)24)11-20(25)15-7-5-4-6-8-15/h4-12,14,20-21,26H,3,13H2,1-2H3/t14-,20-,21-/m0/s1. The van der Waals surface area contributed by atoms with Gasteiger partial charge in [-0.1, -0.05) is 56.7 Å². The molecule has 5 heteroatoms. The fourth-order valence-corrected chi connectivity index (χ4v) is 3.31. The topological polar surface area (TPSA) is 40.5 Å². The Morgan fingerprint density at radius 2 is 1.93 bits per heavy atom. The molecule has 0 unspecified atom stereocenters. The molecule has 0 radical (unpaired) electrons. The van der Waals surface area contributed by atoms with Crippen LogP contribution in [0.4, 0.5) is 8.78 Å². The lowest BCUT2D eigenvalue weighted by atomic mass is 9.99. The Morgan fingerprint density at radius 1 is 1.22 bits per heavy atom. The number of benzene rings is 2. The average molecular weight is 371 g/mol. The zero-order valence-corrected chi connectivity index (χ0v) is 15.4. The minimum atomic E-state index is -1.13. The van der Waals surface area contributed by atoms with E-state index >= 15 is 0 Å². The Hall–Kier alpha value is -2.53. The summed E-state index contributed by atoms with van der Waals surface area (Å²) in [5.74, 6) is -1.66. The molecule has 27 heavy (non-hydrogen) atoms. The lowest BCUT2D eigenvalue weighted by Gasteiger charge is -2.29. The molecule has 0 aromatic heterocycles. The highest BCUT2D eigenvalue weighted by Gasteiger charge is 2.35. The Labute approximate surface area is 157 Å². The fraction of sp³-hybridized carbons (Fsp3) is 0.318. The number of hydrogen-bond acceptors (Lipinski definition) is 2. The highest BCUT2D eigenvalue weighted by Crippen LogP contribution is 2.36. The van der Waals surface area contributed by atoms with Crippen LogP contribution >= 0.6 is 0 Å². The van der Waals surface area contributed by atoms with Crippen molar-refractivity contribution >= 4 is 11.5 Å². The van der Waals surface area contributed by atoms with Gasteiger partial charge in [0.25, 0.3) is 5.91 Å². The van der Waals surface area contributed by atoms with Crippen molar-refractivity contribution in [2.75, 3.05) is 6.54 Å². The van der Waals surface area contributed by atoms with Crippen molar-refractivity contribution in [3.63, 3.8) is 0 Å². The number of aliphatic hydroxyl groups is 1. The first-order valence-corrected chi connectivity index (χ1v) is 9.12. The third-order valence-corrected chi connectivity index (χ3v) is 5.17. The van der Waals surface area contributed by atoms with E-state index in [-0.39, 0.29) is 18.0 Å². The zero-order chi connectivity index (χ0) is 19.6. The molecule has 0 fully saturated rings. The van der Waals surface area contributed by atoms with Crippen LogP contribution in [0.25, 0.3) is 5.57 Å². The van der Waals surface area contributed by atoms with Gasteiger partial charge in [0.1, 0.15) is 17.7 Å². The summed E-state index contributed by atoms with van der Waals surface area (Å²) in [5, 5.41) is 10.4. The average Bonchev–Trinajstić information content (AvgIpc) is 3.13. The number of amides is 1. The van der Waals surface area contributed by atoms with E-state index in [0.717, 1.165) is 23.8 Å². The van der Waals surface area contributed by atoms with Crippen molar-refractivity contribution < 1.29 is 18.7 Å². The van der Waals surface area contributed by atoms with Crippen molar-refractivity contribution in [1.29, 1.82) is 0 Å². The lowest BCUT2D eigenvalue weighted by molar-refractivity contribution is -0.143. The summed E-state index contributed by atoms with van der Waals surface area (Å²) >= 11 is 0. The van der Waals surface area contributed by atoms with Crippen LogP contribution in [0.2, 0.25) is 0 Å². The van der Waals surface area contributed by atoms with Gasteiger partial charge < -0.3 is 10.0 Å². The molecule has 1 aliphatic heterocycles.